The lowest BCUT2D eigenvalue weighted by atomic mass is 9.76. The number of carbonyl (C=O) groups is 2. The summed E-state index contributed by atoms with van der Waals surface area (Å²) in [6.45, 7) is 4.26. The molecule has 7 heteroatoms. The summed E-state index contributed by atoms with van der Waals surface area (Å²) in [7, 11) is 3.08. The third-order valence-corrected chi connectivity index (χ3v) is 6.53. The third-order valence-electron chi connectivity index (χ3n) is 6.53. The number of hydrogen-bond donors (Lipinski definition) is 1. The van der Waals surface area contributed by atoms with E-state index in [-0.39, 0.29) is 19.2 Å². The van der Waals surface area contributed by atoms with Crippen LogP contribution >= 0.6 is 0 Å². The molecule has 2 aromatic carbocycles. The SMILES string of the molecule is COc1ccc(-c2ccc3c(c2)COC3=O)c(OCC(C)(C)C2(C(=O)O)CC2)c1OC. The maximum absolute atomic E-state index is 11.8. The third kappa shape index (κ3) is 3.38. The van der Waals surface area contributed by atoms with Gasteiger partial charge in [0.15, 0.2) is 11.5 Å². The van der Waals surface area contributed by atoms with Crippen LogP contribution in [0.1, 0.15) is 42.6 Å². The topological polar surface area (TPSA) is 91.3 Å². The Balaban J connectivity index is 1.74. The highest BCUT2D eigenvalue weighted by molar-refractivity contribution is 5.94. The standard InChI is InChI=1S/C24H26O7/c1-23(2,24(9-10-24)22(26)27)13-31-19-16(7-8-18(28-3)20(19)29-4)14-5-6-17-15(11-14)12-30-21(17)25/h5-8,11H,9-10,12-13H2,1-4H3,(H,26,27). The van der Waals surface area contributed by atoms with Crippen LogP contribution in [-0.2, 0) is 16.1 Å². The predicted octanol–water partition coefficient (Wildman–Crippen LogP) is 4.31. The van der Waals surface area contributed by atoms with E-state index in [1.165, 1.54) is 7.11 Å². The van der Waals surface area contributed by atoms with Crippen molar-refractivity contribution in [2.45, 2.75) is 33.3 Å². The number of rotatable bonds is 8. The van der Waals surface area contributed by atoms with Gasteiger partial charge in [0.25, 0.3) is 0 Å². The van der Waals surface area contributed by atoms with Crippen LogP contribution in [0, 0.1) is 10.8 Å². The Morgan fingerprint density at radius 2 is 1.81 bits per heavy atom. The fourth-order valence-electron chi connectivity index (χ4n) is 4.27. The molecule has 1 fully saturated rings. The Hall–Kier alpha value is -3.22. The van der Waals surface area contributed by atoms with Crippen molar-refractivity contribution in [2.24, 2.45) is 10.8 Å². The predicted molar refractivity (Wildman–Crippen MR) is 113 cm³/mol. The minimum atomic E-state index is -0.790. The van der Waals surface area contributed by atoms with Gasteiger partial charge in [0.05, 0.1) is 31.8 Å². The van der Waals surface area contributed by atoms with Gasteiger partial charge in [-0.1, -0.05) is 19.9 Å². The van der Waals surface area contributed by atoms with Gasteiger partial charge >= 0.3 is 11.9 Å². The summed E-state index contributed by atoms with van der Waals surface area (Å²) < 4.78 is 22.4. The van der Waals surface area contributed by atoms with Crippen LogP contribution in [0.3, 0.4) is 0 Å². The highest BCUT2D eigenvalue weighted by Gasteiger charge is 2.60. The van der Waals surface area contributed by atoms with Crippen molar-refractivity contribution in [1.29, 1.82) is 0 Å². The van der Waals surface area contributed by atoms with Crippen LogP contribution in [0.15, 0.2) is 30.3 Å². The molecule has 2 aliphatic rings. The average Bonchev–Trinajstić information content (AvgIpc) is 3.51. The molecule has 0 atom stereocenters. The molecule has 164 valence electrons. The van der Waals surface area contributed by atoms with E-state index in [0.29, 0.717) is 35.7 Å². The molecule has 1 aliphatic carbocycles. The number of carboxylic acids is 1. The van der Waals surface area contributed by atoms with Gasteiger partial charge in [0.1, 0.15) is 6.61 Å². The number of hydrogen-bond acceptors (Lipinski definition) is 6. The van der Waals surface area contributed by atoms with Crippen molar-refractivity contribution in [1.82, 2.24) is 0 Å². The second kappa shape index (κ2) is 7.48. The molecule has 0 radical (unpaired) electrons. The van der Waals surface area contributed by atoms with Crippen LogP contribution in [0.5, 0.6) is 17.2 Å². The molecule has 4 rings (SSSR count). The fourth-order valence-corrected chi connectivity index (χ4v) is 4.27. The van der Waals surface area contributed by atoms with Crippen molar-refractivity contribution in [2.75, 3.05) is 20.8 Å². The molecule has 2 aromatic rings. The van der Waals surface area contributed by atoms with E-state index in [1.54, 1.807) is 19.2 Å². The summed E-state index contributed by atoms with van der Waals surface area (Å²) in [5.74, 6) is 0.306. The average molecular weight is 426 g/mol. The maximum atomic E-state index is 11.8. The van der Waals surface area contributed by atoms with E-state index < -0.39 is 16.8 Å². The summed E-state index contributed by atoms with van der Waals surface area (Å²) in [5, 5.41) is 9.72. The lowest BCUT2D eigenvalue weighted by Gasteiger charge is -2.32. The van der Waals surface area contributed by atoms with Gasteiger partial charge in [-0.3, -0.25) is 4.79 Å². The molecular formula is C24H26O7. The Kier molecular flexibility index (Phi) is 5.07. The van der Waals surface area contributed by atoms with E-state index in [4.69, 9.17) is 18.9 Å². The van der Waals surface area contributed by atoms with Crippen molar-refractivity contribution >= 4 is 11.9 Å². The molecule has 1 saturated carbocycles. The van der Waals surface area contributed by atoms with Crippen LogP contribution in [0.4, 0.5) is 0 Å². The monoisotopic (exact) mass is 426 g/mol. The number of carboxylic acid groups (broad SMARTS) is 1. The Morgan fingerprint density at radius 3 is 2.42 bits per heavy atom. The van der Waals surface area contributed by atoms with Gasteiger partial charge in [0.2, 0.25) is 5.75 Å². The Bertz CT molecular complexity index is 1050. The van der Waals surface area contributed by atoms with Gasteiger partial charge < -0.3 is 24.1 Å². The maximum Gasteiger partial charge on any atom is 0.338 e. The molecule has 1 aliphatic heterocycles. The second-order valence-corrected chi connectivity index (χ2v) is 8.69. The van der Waals surface area contributed by atoms with Crippen molar-refractivity contribution in [3.8, 4) is 28.4 Å². The molecule has 0 bridgehead atoms. The van der Waals surface area contributed by atoms with Crippen molar-refractivity contribution < 1.29 is 33.6 Å². The van der Waals surface area contributed by atoms with Crippen molar-refractivity contribution in [3.05, 3.63) is 41.5 Å². The Labute approximate surface area is 180 Å². The first-order valence-corrected chi connectivity index (χ1v) is 10.2. The summed E-state index contributed by atoms with van der Waals surface area (Å²) >= 11 is 0. The molecule has 7 nitrogen and oxygen atoms in total. The molecule has 1 heterocycles. The normalized spacial score (nSPS) is 16.3. The van der Waals surface area contributed by atoms with Gasteiger partial charge in [-0.15, -0.1) is 0 Å². The van der Waals surface area contributed by atoms with Crippen molar-refractivity contribution in [3.63, 3.8) is 0 Å². The van der Waals surface area contributed by atoms with Crippen LogP contribution < -0.4 is 14.2 Å². The lowest BCUT2D eigenvalue weighted by molar-refractivity contribution is -0.149. The van der Waals surface area contributed by atoms with E-state index in [0.717, 1.165) is 16.7 Å². The van der Waals surface area contributed by atoms with Crippen LogP contribution in [0.2, 0.25) is 0 Å². The molecule has 0 amide bonds. The quantitative estimate of drug-likeness (QED) is 0.629. The molecule has 0 saturated heterocycles. The first kappa shape index (κ1) is 21.0. The molecule has 1 N–H and O–H groups in total. The van der Waals surface area contributed by atoms with Crippen LogP contribution in [0.25, 0.3) is 11.1 Å². The van der Waals surface area contributed by atoms with E-state index >= 15 is 0 Å². The van der Waals surface area contributed by atoms with Crippen LogP contribution in [-0.4, -0.2) is 37.9 Å². The molecule has 31 heavy (non-hydrogen) atoms. The number of fused-ring (bicyclic) bond motifs is 1. The van der Waals surface area contributed by atoms with Gasteiger partial charge in [0, 0.05) is 16.5 Å². The summed E-state index contributed by atoms with van der Waals surface area (Å²) in [4.78, 5) is 23.6. The smallest absolute Gasteiger partial charge is 0.338 e. The first-order valence-electron chi connectivity index (χ1n) is 10.2. The number of aliphatic carboxylic acids is 1. The number of cyclic esters (lactones) is 1. The van der Waals surface area contributed by atoms with Gasteiger partial charge in [-0.05, 0) is 42.7 Å². The van der Waals surface area contributed by atoms with E-state index in [9.17, 15) is 14.7 Å². The highest BCUT2D eigenvalue weighted by Crippen LogP contribution is 2.59. The summed E-state index contributed by atoms with van der Waals surface area (Å²) in [6.07, 6.45) is 1.28. The zero-order valence-corrected chi connectivity index (χ0v) is 18.1. The second-order valence-electron chi connectivity index (χ2n) is 8.69. The number of benzene rings is 2. The van der Waals surface area contributed by atoms with Gasteiger partial charge in [-0.2, -0.15) is 0 Å². The fraction of sp³-hybridized carbons (Fsp3) is 0.417. The highest BCUT2D eigenvalue weighted by atomic mass is 16.5. The minimum absolute atomic E-state index is 0.197. The largest absolute Gasteiger partial charge is 0.493 e. The van der Waals surface area contributed by atoms with E-state index in [2.05, 4.69) is 0 Å². The molecule has 0 unspecified atom stereocenters. The minimum Gasteiger partial charge on any atom is -0.493 e. The molecule has 0 aromatic heterocycles. The number of esters is 1. The van der Waals surface area contributed by atoms with Gasteiger partial charge in [-0.25, -0.2) is 4.79 Å². The lowest BCUT2D eigenvalue weighted by Crippen LogP contribution is -2.37. The summed E-state index contributed by atoms with van der Waals surface area (Å²) in [6, 6.07) is 9.14. The number of carbonyl (C=O) groups excluding carboxylic acids is 1. The number of methoxy groups -OCH3 is 2. The zero-order chi connectivity index (χ0) is 22.4. The summed E-state index contributed by atoms with van der Waals surface area (Å²) in [5.41, 5.74) is 1.62. The zero-order valence-electron chi connectivity index (χ0n) is 18.1. The first-order chi connectivity index (χ1) is 14.7. The molecule has 0 spiro atoms. The number of ether oxygens (including phenoxy) is 4. The Morgan fingerprint density at radius 1 is 1.10 bits per heavy atom. The molecular weight excluding hydrogens is 400 g/mol. The van der Waals surface area contributed by atoms with E-state index in [1.807, 2.05) is 32.0 Å².